The molecule has 0 aromatic carbocycles. The van der Waals surface area contributed by atoms with Crippen molar-refractivity contribution >= 4 is 16.2 Å². The van der Waals surface area contributed by atoms with Crippen LogP contribution in [0.25, 0.3) is 0 Å². The molecule has 0 saturated heterocycles. The van der Waals surface area contributed by atoms with Crippen molar-refractivity contribution in [2.75, 3.05) is 19.8 Å². The third-order valence-corrected chi connectivity index (χ3v) is 9.42. The highest BCUT2D eigenvalue weighted by Crippen LogP contribution is 2.47. The lowest BCUT2D eigenvalue weighted by molar-refractivity contribution is -0.0528. The SMILES string of the molecule is CC(C)C(CCCCCCCCCOC[C@@H]1C=C(OS(=O)(=O)C(F)(F)F)CCN1C(=O)OC(C)(C)C)(C(C)C)C(C)C. The number of alkyl halides is 3. The summed E-state index contributed by atoms with van der Waals surface area (Å²) in [7, 11) is -5.79. The summed E-state index contributed by atoms with van der Waals surface area (Å²) in [6, 6.07) is -0.818. The van der Waals surface area contributed by atoms with Gasteiger partial charge in [-0.05, 0) is 62.9 Å². The highest BCUT2D eigenvalue weighted by molar-refractivity contribution is 7.87. The van der Waals surface area contributed by atoms with Crippen LogP contribution in [0.1, 0.15) is 120 Å². The molecule has 0 radical (unpaired) electrons. The molecule has 0 fully saturated rings. The number of carbonyl (C=O) groups excluding carboxylic acids is 1. The van der Waals surface area contributed by atoms with Gasteiger partial charge in [0.1, 0.15) is 11.4 Å². The number of amides is 1. The van der Waals surface area contributed by atoms with Crippen LogP contribution in [-0.4, -0.2) is 56.3 Å². The summed E-state index contributed by atoms with van der Waals surface area (Å²) in [6.07, 6.45) is 9.33. The van der Waals surface area contributed by atoms with Gasteiger partial charge in [0.05, 0.1) is 12.6 Å². The first-order valence-corrected chi connectivity index (χ1v) is 16.9. The number of hydrogen-bond acceptors (Lipinski definition) is 6. The summed E-state index contributed by atoms with van der Waals surface area (Å²) in [5, 5.41) is 0. The zero-order chi connectivity index (χ0) is 32.4. The highest BCUT2D eigenvalue weighted by Gasteiger charge is 2.49. The van der Waals surface area contributed by atoms with Crippen molar-refractivity contribution in [3.63, 3.8) is 0 Å². The average molecular weight is 628 g/mol. The zero-order valence-corrected chi connectivity index (χ0v) is 28.1. The van der Waals surface area contributed by atoms with Crippen LogP contribution in [0.15, 0.2) is 11.8 Å². The molecule has 11 heteroatoms. The minimum Gasteiger partial charge on any atom is -0.444 e. The average Bonchev–Trinajstić information content (AvgIpc) is 2.82. The molecule has 1 rings (SSSR count). The second-order valence-corrected chi connectivity index (χ2v) is 15.0. The number of nitrogens with zero attached hydrogens (tertiary/aromatic N) is 1. The van der Waals surface area contributed by atoms with Crippen LogP contribution >= 0.6 is 0 Å². The fraction of sp³-hybridized carbons (Fsp3) is 0.903. The van der Waals surface area contributed by atoms with Crippen LogP contribution < -0.4 is 0 Å². The van der Waals surface area contributed by atoms with E-state index < -0.39 is 33.4 Å². The minimum atomic E-state index is -5.79. The first kappa shape index (κ1) is 38.5. The largest absolute Gasteiger partial charge is 0.534 e. The Balaban J connectivity index is 2.53. The normalized spacial score (nSPS) is 17.3. The monoisotopic (exact) mass is 627 g/mol. The number of halogens is 3. The molecule has 0 N–H and O–H groups in total. The Bertz CT molecular complexity index is 933. The summed E-state index contributed by atoms with van der Waals surface area (Å²) in [5.41, 5.74) is -5.94. The van der Waals surface area contributed by atoms with Crippen LogP contribution in [0.2, 0.25) is 0 Å². The second kappa shape index (κ2) is 16.5. The van der Waals surface area contributed by atoms with Gasteiger partial charge in [-0.15, -0.1) is 0 Å². The molecule has 1 amide bonds. The van der Waals surface area contributed by atoms with Crippen molar-refractivity contribution in [3.05, 3.63) is 11.8 Å². The topological polar surface area (TPSA) is 82.1 Å². The van der Waals surface area contributed by atoms with Gasteiger partial charge in [-0.3, -0.25) is 4.90 Å². The summed E-state index contributed by atoms with van der Waals surface area (Å²) < 4.78 is 76.8. The third-order valence-electron chi connectivity index (χ3n) is 8.42. The van der Waals surface area contributed by atoms with E-state index in [0.29, 0.717) is 29.8 Å². The van der Waals surface area contributed by atoms with E-state index >= 15 is 0 Å². The van der Waals surface area contributed by atoms with Crippen molar-refractivity contribution in [2.45, 2.75) is 137 Å². The van der Waals surface area contributed by atoms with Crippen molar-refractivity contribution in [1.29, 1.82) is 0 Å². The number of carbonyl (C=O) groups is 1. The third kappa shape index (κ3) is 11.9. The number of hydrogen-bond donors (Lipinski definition) is 0. The van der Waals surface area contributed by atoms with Crippen LogP contribution in [0.5, 0.6) is 0 Å². The molecule has 0 spiro atoms. The predicted molar refractivity (Wildman–Crippen MR) is 160 cm³/mol. The summed E-state index contributed by atoms with van der Waals surface area (Å²) in [6.45, 7) is 19.6. The molecule has 1 atom stereocenters. The maximum atomic E-state index is 12.8. The fourth-order valence-corrected chi connectivity index (χ4v) is 6.83. The molecule has 0 aliphatic carbocycles. The molecule has 0 aromatic rings. The van der Waals surface area contributed by atoms with E-state index in [4.69, 9.17) is 9.47 Å². The smallest absolute Gasteiger partial charge is 0.444 e. The molecule has 248 valence electrons. The molecule has 0 aromatic heterocycles. The van der Waals surface area contributed by atoms with Crippen molar-refractivity contribution in [3.8, 4) is 0 Å². The Morgan fingerprint density at radius 2 is 1.40 bits per heavy atom. The molecule has 7 nitrogen and oxygen atoms in total. The quantitative estimate of drug-likeness (QED) is 0.0910. The first-order valence-electron chi connectivity index (χ1n) is 15.5. The van der Waals surface area contributed by atoms with Gasteiger partial charge in [0.25, 0.3) is 0 Å². The van der Waals surface area contributed by atoms with Gasteiger partial charge < -0.3 is 13.7 Å². The minimum absolute atomic E-state index is 0.0124. The lowest BCUT2D eigenvalue weighted by Gasteiger charge is -2.45. The van der Waals surface area contributed by atoms with Crippen LogP contribution in [0, 0.1) is 23.2 Å². The number of unbranched alkanes of at least 4 members (excludes halogenated alkanes) is 6. The van der Waals surface area contributed by atoms with Crippen LogP contribution in [0.4, 0.5) is 18.0 Å². The Hall–Kier alpha value is -1.49. The lowest BCUT2D eigenvalue weighted by Crippen LogP contribution is -2.47. The molecule has 0 unspecified atom stereocenters. The van der Waals surface area contributed by atoms with E-state index in [1.165, 1.54) is 36.7 Å². The van der Waals surface area contributed by atoms with Gasteiger partial charge in [0.15, 0.2) is 0 Å². The van der Waals surface area contributed by atoms with Crippen molar-refractivity contribution in [2.24, 2.45) is 23.2 Å². The molecule has 0 bridgehead atoms. The molecule has 1 heterocycles. The van der Waals surface area contributed by atoms with E-state index in [1.54, 1.807) is 20.8 Å². The van der Waals surface area contributed by atoms with E-state index in [2.05, 4.69) is 45.7 Å². The maximum absolute atomic E-state index is 12.8. The molecule has 1 aliphatic heterocycles. The van der Waals surface area contributed by atoms with Crippen LogP contribution in [-0.2, 0) is 23.8 Å². The Morgan fingerprint density at radius 3 is 1.88 bits per heavy atom. The molecule has 42 heavy (non-hydrogen) atoms. The van der Waals surface area contributed by atoms with E-state index in [9.17, 15) is 26.4 Å². The fourth-order valence-electron chi connectivity index (χ4n) is 6.32. The van der Waals surface area contributed by atoms with Gasteiger partial charge in [-0.25, -0.2) is 4.79 Å². The molecule has 0 saturated carbocycles. The predicted octanol–water partition coefficient (Wildman–Crippen LogP) is 8.84. The van der Waals surface area contributed by atoms with E-state index in [0.717, 1.165) is 25.7 Å². The lowest BCUT2D eigenvalue weighted by atomic mass is 9.60. The van der Waals surface area contributed by atoms with Gasteiger partial charge in [0.2, 0.25) is 0 Å². The van der Waals surface area contributed by atoms with Crippen molar-refractivity contribution < 1.29 is 40.0 Å². The first-order chi connectivity index (χ1) is 19.2. The zero-order valence-electron chi connectivity index (χ0n) is 27.3. The van der Waals surface area contributed by atoms with Crippen LogP contribution in [0.3, 0.4) is 0 Å². The van der Waals surface area contributed by atoms with E-state index in [1.807, 2.05) is 0 Å². The van der Waals surface area contributed by atoms with Gasteiger partial charge in [0, 0.05) is 19.6 Å². The summed E-state index contributed by atoms with van der Waals surface area (Å²) in [5.74, 6) is 1.60. The van der Waals surface area contributed by atoms with E-state index in [-0.39, 0.29) is 25.3 Å². The standard InChI is InChI=1S/C31H56F3NO6S/c1-23(2)30(24(3)4,25(5)6)18-15-13-11-10-12-14-16-20-39-22-26-21-27(41-42(37,38)31(32,33)34)17-19-35(26)28(36)40-29(7,8)9/h21,23-26H,10-20,22H2,1-9H3/t26-/m0/s1. The maximum Gasteiger partial charge on any atom is 0.534 e. The number of rotatable bonds is 17. The molecular formula is C31H56F3NO6S. The van der Waals surface area contributed by atoms with Crippen molar-refractivity contribution in [1.82, 2.24) is 4.90 Å². The Morgan fingerprint density at radius 1 is 0.905 bits per heavy atom. The van der Waals surface area contributed by atoms with Gasteiger partial charge in [-0.1, -0.05) is 80.1 Å². The highest BCUT2D eigenvalue weighted by atomic mass is 32.2. The molecule has 1 aliphatic rings. The summed E-state index contributed by atoms with van der Waals surface area (Å²) >= 11 is 0. The summed E-state index contributed by atoms with van der Waals surface area (Å²) in [4.78, 5) is 14.0. The Kier molecular flexibility index (Phi) is 15.2. The Labute approximate surface area is 253 Å². The second-order valence-electron chi connectivity index (χ2n) is 13.5. The van der Waals surface area contributed by atoms with Gasteiger partial charge >= 0.3 is 21.7 Å². The van der Waals surface area contributed by atoms with Gasteiger partial charge in [-0.2, -0.15) is 21.6 Å². The molecular weight excluding hydrogens is 571 g/mol. The number of ether oxygens (including phenoxy) is 2.